The molecule has 132 valence electrons. The average Bonchev–Trinajstić information content (AvgIpc) is 2.63. The van der Waals surface area contributed by atoms with Crippen LogP contribution in [-0.2, 0) is 10.0 Å². The minimum Gasteiger partial charge on any atom is -0.423 e. The van der Waals surface area contributed by atoms with Crippen LogP contribution in [0.15, 0.2) is 59.5 Å². The van der Waals surface area contributed by atoms with Crippen LogP contribution in [-0.4, -0.2) is 31.8 Å². The van der Waals surface area contributed by atoms with Gasteiger partial charge < -0.3 is 4.74 Å². The van der Waals surface area contributed by atoms with E-state index in [1.807, 2.05) is 6.07 Å². The first-order valence-corrected chi connectivity index (χ1v) is 9.78. The molecular formula is C19H21NO4S. The van der Waals surface area contributed by atoms with Gasteiger partial charge in [0, 0.05) is 13.1 Å². The predicted molar refractivity (Wildman–Crippen MR) is 95.0 cm³/mol. The van der Waals surface area contributed by atoms with Crippen LogP contribution in [0.5, 0.6) is 5.75 Å². The second-order valence-electron chi connectivity index (χ2n) is 6.31. The number of esters is 1. The minimum atomic E-state index is -3.51. The molecule has 1 aliphatic rings. The fraction of sp³-hybridized carbons (Fsp3) is 0.316. The summed E-state index contributed by atoms with van der Waals surface area (Å²) in [6, 6.07) is 14.7. The van der Waals surface area contributed by atoms with Crippen molar-refractivity contribution in [2.75, 3.05) is 13.1 Å². The summed E-state index contributed by atoms with van der Waals surface area (Å²) in [5, 5.41) is 0. The highest BCUT2D eigenvalue weighted by atomic mass is 32.2. The van der Waals surface area contributed by atoms with Gasteiger partial charge in [0.2, 0.25) is 10.0 Å². The molecule has 25 heavy (non-hydrogen) atoms. The number of carbonyl (C=O) groups is 1. The molecule has 0 bridgehead atoms. The highest BCUT2D eigenvalue weighted by Crippen LogP contribution is 2.24. The zero-order valence-electron chi connectivity index (χ0n) is 14.1. The van der Waals surface area contributed by atoms with Crippen LogP contribution in [0, 0.1) is 5.92 Å². The number of para-hydroxylation sites is 1. The summed E-state index contributed by atoms with van der Waals surface area (Å²) in [7, 11) is -3.51. The smallest absolute Gasteiger partial charge is 0.343 e. The van der Waals surface area contributed by atoms with Crippen molar-refractivity contribution in [2.24, 2.45) is 5.92 Å². The Morgan fingerprint density at radius 3 is 2.20 bits per heavy atom. The Morgan fingerprint density at radius 2 is 1.60 bits per heavy atom. The third-order valence-corrected chi connectivity index (χ3v) is 6.34. The number of piperidine rings is 1. The molecule has 0 atom stereocenters. The molecular weight excluding hydrogens is 338 g/mol. The maximum absolute atomic E-state index is 12.7. The molecule has 2 aromatic carbocycles. The molecule has 0 saturated carbocycles. The van der Waals surface area contributed by atoms with E-state index in [9.17, 15) is 13.2 Å². The Morgan fingerprint density at radius 1 is 1.00 bits per heavy atom. The molecule has 2 aromatic rings. The summed E-state index contributed by atoms with van der Waals surface area (Å²) in [4.78, 5) is 12.3. The van der Waals surface area contributed by atoms with E-state index in [2.05, 4.69) is 6.92 Å². The number of nitrogens with zero attached hydrogens (tertiary/aromatic N) is 1. The molecule has 0 aliphatic carbocycles. The van der Waals surface area contributed by atoms with Crippen molar-refractivity contribution >= 4 is 16.0 Å². The summed E-state index contributed by atoms with van der Waals surface area (Å²) in [5.74, 6) is 0.496. The fourth-order valence-corrected chi connectivity index (χ4v) is 4.26. The lowest BCUT2D eigenvalue weighted by atomic mass is 10.0. The molecule has 0 radical (unpaired) electrons. The van der Waals surface area contributed by atoms with Gasteiger partial charge in [-0.05, 0) is 55.2 Å². The lowest BCUT2D eigenvalue weighted by molar-refractivity contribution is 0.0734. The standard InChI is InChI=1S/C19H21NO4S/c1-15-11-13-20(14-12-15)25(22,23)18-9-7-16(8-10-18)19(21)24-17-5-3-2-4-6-17/h2-10,15H,11-14H2,1H3. The van der Waals surface area contributed by atoms with Crippen LogP contribution in [0.4, 0.5) is 0 Å². The number of carbonyl (C=O) groups excluding carboxylic acids is 1. The van der Waals surface area contributed by atoms with E-state index in [-0.39, 0.29) is 4.90 Å². The SMILES string of the molecule is CC1CCN(S(=O)(=O)c2ccc(C(=O)Oc3ccccc3)cc2)CC1. The predicted octanol–water partition coefficient (Wildman–Crippen LogP) is 3.33. The summed E-state index contributed by atoms with van der Waals surface area (Å²) >= 11 is 0. The van der Waals surface area contributed by atoms with E-state index >= 15 is 0 Å². The lowest BCUT2D eigenvalue weighted by Crippen LogP contribution is -2.37. The largest absolute Gasteiger partial charge is 0.423 e. The molecule has 1 fully saturated rings. The van der Waals surface area contributed by atoms with Crippen molar-refractivity contribution in [3.05, 3.63) is 60.2 Å². The normalized spacial score (nSPS) is 16.5. The number of benzene rings is 2. The Hall–Kier alpha value is -2.18. The highest BCUT2D eigenvalue weighted by Gasteiger charge is 2.28. The maximum atomic E-state index is 12.7. The maximum Gasteiger partial charge on any atom is 0.343 e. The van der Waals surface area contributed by atoms with Gasteiger partial charge in [0.15, 0.2) is 0 Å². The van der Waals surface area contributed by atoms with Gasteiger partial charge in [0.05, 0.1) is 10.5 Å². The molecule has 1 heterocycles. The summed E-state index contributed by atoms with van der Waals surface area (Å²) in [6.07, 6.45) is 1.75. The van der Waals surface area contributed by atoms with E-state index < -0.39 is 16.0 Å². The number of hydrogen-bond donors (Lipinski definition) is 0. The van der Waals surface area contributed by atoms with Crippen molar-refractivity contribution in [3.63, 3.8) is 0 Å². The molecule has 0 spiro atoms. The van der Waals surface area contributed by atoms with Crippen molar-refractivity contribution in [2.45, 2.75) is 24.7 Å². The van der Waals surface area contributed by atoms with Crippen molar-refractivity contribution < 1.29 is 17.9 Å². The molecule has 5 nitrogen and oxygen atoms in total. The zero-order valence-corrected chi connectivity index (χ0v) is 14.9. The van der Waals surface area contributed by atoms with Crippen LogP contribution in [0.2, 0.25) is 0 Å². The molecule has 3 rings (SSSR count). The third-order valence-electron chi connectivity index (χ3n) is 4.42. The average molecular weight is 359 g/mol. The van der Waals surface area contributed by atoms with Crippen LogP contribution < -0.4 is 4.74 Å². The zero-order chi connectivity index (χ0) is 17.9. The van der Waals surface area contributed by atoms with Gasteiger partial charge in [-0.15, -0.1) is 0 Å². The van der Waals surface area contributed by atoms with Crippen LogP contribution >= 0.6 is 0 Å². The number of ether oxygens (including phenoxy) is 1. The molecule has 0 N–H and O–H groups in total. The van der Waals surface area contributed by atoms with Crippen molar-refractivity contribution in [3.8, 4) is 5.75 Å². The summed E-state index contributed by atoms with van der Waals surface area (Å²) in [6.45, 7) is 3.22. The molecule has 1 aliphatic heterocycles. The van der Waals surface area contributed by atoms with Gasteiger partial charge in [-0.3, -0.25) is 0 Å². The topological polar surface area (TPSA) is 63.7 Å². The van der Waals surface area contributed by atoms with Crippen LogP contribution in [0.25, 0.3) is 0 Å². The first-order valence-electron chi connectivity index (χ1n) is 8.34. The third kappa shape index (κ3) is 4.08. The Labute approximate surface area is 148 Å². The van der Waals surface area contributed by atoms with Gasteiger partial charge in [-0.1, -0.05) is 25.1 Å². The van der Waals surface area contributed by atoms with E-state index in [1.165, 1.54) is 28.6 Å². The second-order valence-corrected chi connectivity index (χ2v) is 8.25. The van der Waals surface area contributed by atoms with Gasteiger partial charge in [-0.25, -0.2) is 13.2 Å². The van der Waals surface area contributed by atoms with E-state index in [1.54, 1.807) is 24.3 Å². The number of hydrogen-bond acceptors (Lipinski definition) is 4. The van der Waals surface area contributed by atoms with Crippen LogP contribution in [0.3, 0.4) is 0 Å². The minimum absolute atomic E-state index is 0.207. The monoisotopic (exact) mass is 359 g/mol. The molecule has 1 saturated heterocycles. The first kappa shape index (κ1) is 17.6. The molecule has 0 amide bonds. The Balaban J connectivity index is 1.72. The summed E-state index contributed by atoms with van der Waals surface area (Å²) in [5.41, 5.74) is 0.315. The Kier molecular flexibility index (Phi) is 5.20. The second kappa shape index (κ2) is 7.37. The van der Waals surface area contributed by atoms with Gasteiger partial charge in [0.1, 0.15) is 5.75 Å². The van der Waals surface area contributed by atoms with Crippen molar-refractivity contribution in [1.82, 2.24) is 4.31 Å². The number of rotatable bonds is 4. The highest BCUT2D eigenvalue weighted by molar-refractivity contribution is 7.89. The molecule has 0 unspecified atom stereocenters. The number of sulfonamides is 1. The Bertz CT molecular complexity index is 823. The fourth-order valence-electron chi connectivity index (χ4n) is 2.79. The summed E-state index contributed by atoms with van der Waals surface area (Å²) < 4.78 is 32.1. The van der Waals surface area contributed by atoms with Crippen LogP contribution in [0.1, 0.15) is 30.1 Å². The van der Waals surface area contributed by atoms with Gasteiger partial charge >= 0.3 is 5.97 Å². The van der Waals surface area contributed by atoms with Gasteiger partial charge in [0.25, 0.3) is 0 Å². The van der Waals surface area contributed by atoms with E-state index in [4.69, 9.17) is 4.74 Å². The van der Waals surface area contributed by atoms with E-state index in [0.717, 1.165) is 12.8 Å². The first-order chi connectivity index (χ1) is 12.0. The van der Waals surface area contributed by atoms with E-state index in [0.29, 0.717) is 30.3 Å². The lowest BCUT2D eigenvalue weighted by Gasteiger charge is -2.29. The molecule has 0 aromatic heterocycles. The molecule has 6 heteroatoms. The quantitative estimate of drug-likeness (QED) is 0.620. The van der Waals surface area contributed by atoms with Crippen molar-refractivity contribution in [1.29, 1.82) is 0 Å². The van der Waals surface area contributed by atoms with Gasteiger partial charge in [-0.2, -0.15) is 4.31 Å².